The molecule has 1 saturated heterocycles. The van der Waals surface area contributed by atoms with E-state index >= 15 is 0 Å². The van der Waals surface area contributed by atoms with Crippen molar-refractivity contribution in [3.63, 3.8) is 0 Å². The quantitative estimate of drug-likeness (QED) is 0.808. The molecule has 3 rings (SSSR count). The Labute approximate surface area is 118 Å². The Morgan fingerprint density at radius 2 is 1.70 bits per heavy atom. The lowest BCUT2D eigenvalue weighted by Crippen LogP contribution is -2.41. The molecule has 0 spiro atoms. The van der Waals surface area contributed by atoms with Crippen molar-refractivity contribution in [3.8, 4) is 5.75 Å². The molecule has 1 aromatic carbocycles. The van der Waals surface area contributed by atoms with Crippen molar-refractivity contribution in [3.05, 3.63) is 30.5 Å². The van der Waals surface area contributed by atoms with E-state index < -0.39 is 18.3 Å². The van der Waals surface area contributed by atoms with Gasteiger partial charge in [0.15, 0.2) is 0 Å². The molecule has 1 aromatic heterocycles. The van der Waals surface area contributed by atoms with Gasteiger partial charge in [-0.3, -0.25) is 4.98 Å². The predicted octanol–water partition coefficient (Wildman–Crippen LogP) is 2.24. The molecule has 0 atom stereocenters. The van der Waals surface area contributed by atoms with Gasteiger partial charge in [0.1, 0.15) is 11.3 Å². The summed E-state index contributed by atoms with van der Waals surface area (Å²) in [6, 6.07) is 7.51. The minimum Gasteiger partial charge on any atom is -0.506 e. The van der Waals surface area contributed by atoms with Gasteiger partial charge in [0.2, 0.25) is 0 Å². The molecule has 0 bridgehead atoms. The van der Waals surface area contributed by atoms with Crippen molar-refractivity contribution in [1.29, 1.82) is 0 Å². The molecule has 1 N–H and O–H groups in total. The van der Waals surface area contributed by atoms with Crippen LogP contribution in [-0.2, 0) is 9.31 Å². The van der Waals surface area contributed by atoms with Crippen molar-refractivity contribution in [2.45, 2.75) is 38.9 Å². The number of nitrogens with zero attached hydrogens (tertiary/aromatic N) is 1. The van der Waals surface area contributed by atoms with Crippen molar-refractivity contribution in [2.75, 3.05) is 0 Å². The number of aromatic hydroxyl groups is 1. The number of hydrogen-bond donors (Lipinski definition) is 1. The summed E-state index contributed by atoms with van der Waals surface area (Å²) in [6.45, 7) is 7.96. The molecule has 0 amide bonds. The summed E-state index contributed by atoms with van der Waals surface area (Å²) in [6.07, 6.45) is 1.66. The number of phenolic OH excluding ortho intramolecular Hbond substituents is 1. The fourth-order valence-electron chi connectivity index (χ4n) is 2.31. The number of aromatic nitrogens is 1. The van der Waals surface area contributed by atoms with Crippen molar-refractivity contribution in [2.24, 2.45) is 0 Å². The Morgan fingerprint density at radius 1 is 1.05 bits per heavy atom. The monoisotopic (exact) mass is 271 g/mol. The third-order valence-electron chi connectivity index (χ3n) is 4.29. The molecule has 1 fully saturated rings. The van der Waals surface area contributed by atoms with Gasteiger partial charge in [-0.2, -0.15) is 0 Å². The summed E-state index contributed by atoms with van der Waals surface area (Å²) >= 11 is 0. The van der Waals surface area contributed by atoms with E-state index in [1.54, 1.807) is 6.20 Å². The summed E-state index contributed by atoms with van der Waals surface area (Å²) in [4.78, 5) is 4.22. The molecule has 1 aliphatic rings. The maximum atomic E-state index is 10.4. The second kappa shape index (κ2) is 4.20. The minimum atomic E-state index is -0.577. The standard InChI is InChI=1S/C15H18BNO3/c1-14(2)15(3,4)20-16(19-14)11-8-7-10-6-5-9-17-12(10)13(11)18/h5-9,18H,1-4H3. The first-order valence-corrected chi connectivity index (χ1v) is 6.74. The minimum absolute atomic E-state index is 0.126. The molecule has 0 radical (unpaired) electrons. The second-order valence-electron chi connectivity index (χ2n) is 6.17. The van der Waals surface area contributed by atoms with Crippen molar-refractivity contribution < 1.29 is 14.4 Å². The van der Waals surface area contributed by atoms with Crippen molar-refractivity contribution in [1.82, 2.24) is 4.98 Å². The Kier molecular flexibility index (Phi) is 2.82. The topological polar surface area (TPSA) is 51.6 Å². The summed E-state index contributed by atoms with van der Waals surface area (Å²) in [5.41, 5.74) is 0.335. The van der Waals surface area contributed by atoms with Gasteiger partial charge in [-0.25, -0.2) is 0 Å². The number of rotatable bonds is 1. The van der Waals surface area contributed by atoms with E-state index in [0.717, 1.165) is 5.39 Å². The van der Waals surface area contributed by atoms with Crippen LogP contribution in [0.3, 0.4) is 0 Å². The first-order chi connectivity index (χ1) is 9.32. The summed E-state index contributed by atoms with van der Waals surface area (Å²) in [5.74, 6) is 0.126. The molecule has 2 aromatic rings. The SMILES string of the molecule is CC1(C)OB(c2ccc3cccnc3c2O)OC1(C)C. The average molecular weight is 271 g/mol. The molecule has 1 aliphatic heterocycles. The second-order valence-corrected chi connectivity index (χ2v) is 6.17. The fraction of sp³-hybridized carbons (Fsp3) is 0.400. The molecule has 0 unspecified atom stereocenters. The van der Waals surface area contributed by atoms with E-state index in [2.05, 4.69) is 4.98 Å². The predicted molar refractivity (Wildman–Crippen MR) is 79.1 cm³/mol. The summed E-state index contributed by atoms with van der Waals surface area (Å²) in [7, 11) is -0.577. The lowest BCUT2D eigenvalue weighted by molar-refractivity contribution is 0.00578. The number of fused-ring (bicyclic) bond motifs is 1. The summed E-state index contributed by atoms with van der Waals surface area (Å²) < 4.78 is 11.9. The van der Waals surface area contributed by atoms with Crippen LogP contribution in [0.25, 0.3) is 10.9 Å². The van der Waals surface area contributed by atoms with Gasteiger partial charge in [0.25, 0.3) is 0 Å². The van der Waals surface area contributed by atoms with Gasteiger partial charge >= 0.3 is 7.12 Å². The van der Waals surface area contributed by atoms with E-state index in [1.165, 1.54) is 0 Å². The van der Waals surface area contributed by atoms with E-state index in [4.69, 9.17) is 9.31 Å². The molecule has 104 valence electrons. The lowest BCUT2D eigenvalue weighted by atomic mass is 9.78. The first-order valence-electron chi connectivity index (χ1n) is 6.74. The Hall–Kier alpha value is -1.59. The average Bonchev–Trinajstić information content (AvgIpc) is 2.59. The highest BCUT2D eigenvalue weighted by atomic mass is 16.7. The molecule has 0 aliphatic carbocycles. The zero-order chi connectivity index (χ0) is 14.5. The fourth-order valence-corrected chi connectivity index (χ4v) is 2.31. The first kappa shape index (κ1) is 13.4. The van der Waals surface area contributed by atoms with Crippen LogP contribution in [0.2, 0.25) is 0 Å². The third kappa shape index (κ3) is 1.89. The van der Waals surface area contributed by atoms with Gasteiger partial charge in [-0.05, 0) is 33.8 Å². The molecule has 5 heteroatoms. The van der Waals surface area contributed by atoms with Crippen molar-refractivity contribution >= 4 is 23.5 Å². The molecular formula is C15H18BNO3. The van der Waals surface area contributed by atoms with Crippen LogP contribution in [0.4, 0.5) is 0 Å². The normalized spacial score (nSPS) is 20.5. The van der Waals surface area contributed by atoms with Crippen LogP contribution in [0.5, 0.6) is 5.75 Å². The van der Waals surface area contributed by atoms with E-state index in [-0.39, 0.29) is 5.75 Å². The van der Waals surface area contributed by atoms with Gasteiger partial charge in [-0.1, -0.05) is 18.2 Å². The molecule has 4 nitrogen and oxygen atoms in total. The Morgan fingerprint density at radius 3 is 2.35 bits per heavy atom. The number of phenols is 1. The van der Waals surface area contributed by atoms with Crippen LogP contribution in [-0.4, -0.2) is 28.4 Å². The molecule has 2 heterocycles. The summed E-state index contributed by atoms with van der Waals surface area (Å²) in [5, 5.41) is 11.3. The molecule has 20 heavy (non-hydrogen) atoms. The third-order valence-corrected chi connectivity index (χ3v) is 4.29. The highest BCUT2D eigenvalue weighted by Gasteiger charge is 2.52. The van der Waals surface area contributed by atoms with E-state index in [9.17, 15) is 5.11 Å². The van der Waals surface area contributed by atoms with Crippen LogP contribution in [0.15, 0.2) is 30.5 Å². The van der Waals surface area contributed by atoms with E-state index in [0.29, 0.717) is 11.0 Å². The smallest absolute Gasteiger partial charge is 0.498 e. The largest absolute Gasteiger partial charge is 0.506 e. The lowest BCUT2D eigenvalue weighted by Gasteiger charge is -2.32. The Bertz CT molecular complexity index is 653. The maximum absolute atomic E-state index is 10.4. The van der Waals surface area contributed by atoms with Gasteiger partial charge < -0.3 is 14.4 Å². The zero-order valence-electron chi connectivity index (χ0n) is 12.2. The van der Waals surface area contributed by atoms with Crippen LogP contribution < -0.4 is 5.46 Å². The van der Waals surface area contributed by atoms with Gasteiger partial charge in [-0.15, -0.1) is 0 Å². The van der Waals surface area contributed by atoms with Crippen LogP contribution in [0, 0.1) is 0 Å². The number of pyridine rings is 1. The molecular weight excluding hydrogens is 253 g/mol. The number of hydrogen-bond acceptors (Lipinski definition) is 4. The van der Waals surface area contributed by atoms with Gasteiger partial charge in [0.05, 0.1) is 11.2 Å². The van der Waals surface area contributed by atoms with E-state index in [1.807, 2.05) is 52.0 Å². The van der Waals surface area contributed by atoms with Crippen LogP contribution in [0.1, 0.15) is 27.7 Å². The molecule has 0 saturated carbocycles. The zero-order valence-corrected chi connectivity index (χ0v) is 12.2. The maximum Gasteiger partial charge on any atom is 0.498 e. The highest BCUT2D eigenvalue weighted by Crippen LogP contribution is 2.37. The highest BCUT2D eigenvalue weighted by molar-refractivity contribution is 6.63. The number of benzene rings is 1. The van der Waals surface area contributed by atoms with Gasteiger partial charge in [0, 0.05) is 17.0 Å². The Balaban J connectivity index is 2.06. The van der Waals surface area contributed by atoms with Crippen LogP contribution >= 0.6 is 0 Å².